The molecule has 0 aromatic carbocycles. The van der Waals surface area contributed by atoms with Gasteiger partial charge in [0.15, 0.2) is 5.82 Å². The molecule has 9 heteroatoms. The van der Waals surface area contributed by atoms with Crippen LogP contribution in [-0.2, 0) is 22.7 Å². The molecule has 1 aromatic rings. The fourth-order valence-electron chi connectivity index (χ4n) is 3.09. The maximum Gasteiger partial charge on any atom is 0.401 e. The molecule has 23 heavy (non-hydrogen) atoms. The summed E-state index contributed by atoms with van der Waals surface area (Å²) in [6, 6.07) is 1.77. The second-order valence-corrected chi connectivity index (χ2v) is 6.05. The van der Waals surface area contributed by atoms with Gasteiger partial charge in [0.25, 0.3) is 0 Å². The lowest BCUT2D eigenvalue weighted by molar-refractivity contribution is -0.143. The molecule has 0 radical (unpaired) electrons. The van der Waals surface area contributed by atoms with E-state index in [-0.39, 0.29) is 18.2 Å². The van der Waals surface area contributed by atoms with Gasteiger partial charge in [-0.2, -0.15) is 18.3 Å². The monoisotopic (exact) mass is 332 g/mol. The van der Waals surface area contributed by atoms with Gasteiger partial charge in [0.2, 0.25) is 5.91 Å². The maximum absolute atomic E-state index is 12.4. The average Bonchev–Trinajstić information content (AvgIpc) is 3.02. The van der Waals surface area contributed by atoms with Crippen LogP contribution in [0.3, 0.4) is 0 Å². The first-order valence-corrected chi connectivity index (χ1v) is 7.62. The number of amides is 1. The Morgan fingerprint density at radius 1 is 1.43 bits per heavy atom. The second-order valence-electron chi connectivity index (χ2n) is 6.05. The number of nitrogens with zero attached hydrogens (tertiary/aromatic N) is 3. The molecule has 1 atom stereocenters. The Balaban J connectivity index is 1.47. The fraction of sp³-hybridized carbons (Fsp3) is 0.714. The van der Waals surface area contributed by atoms with Crippen LogP contribution in [0.4, 0.5) is 19.0 Å². The lowest BCUT2D eigenvalue weighted by Crippen LogP contribution is -2.32. The summed E-state index contributed by atoms with van der Waals surface area (Å²) in [7, 11) is 0. The van der Waals surface area contributed by atoms with E-state index in [1.54, 1.807) is 10.7 Å². The number of fused-ring (bicyclic) bond motifs is 1. The molecular weight excluding hydrogens is 313 g/mol. The summed E-state index contributed by atoms with van der Waals surface area (Å²) in [6.45, 7) is 1.50. The minimum absolute atomic E-state index is 0.0436. The van der Waals surface area contributed by atoms with Crippen molar-refractivity contribution in [1.82, 2.24) is 14.7 Å². The normalized spacial score (nSPS) is 22.1. The highest BCUT2D eigenvalue weighted by molar-refractivity contribution is 5.89. The van der Waals surface area contributed by atoms with Crippen molar-refractivity contribution in [3.05, 3.63) is 11.8 Å². The van der Waals surface area contributed by atoms with E-state index in [9.17, 15) is 18.0 Å². The Bertz CT molecular complexity index is 549. The summed E-state index contributed by atoms with van der Waals surface area (Å²) >= 11 is 0. The number of nitrogens with one attached hydrogen (secondary N) is 1. The van der Waals surface area contributed by atoms with Crippen molar-refractivity contribution < 1.29 is 22.7 Å². The van der Waals surface area contributed by atoms with Crippen LogP contribution in [0.5, 0.6) is 0 Å². The Morgan fingerprint density at radius 2 is 2.26 bits per heavy atom. The molecule has 0 aliphatic carbocycles. The summed E-state index contributed by atoms with van der Waals surface area (Å²) < 4.78 is 44.2. The van der Waals surface area contributed by atoms with Crippen molar-refractivity contribution >= 4 is 11.7 Å². The number of alkyl halides is 3. The molecular formula is C14H19F3N4O2. The molecule has 0 spiro atoms. The molecule has 1 amide bonds. The number of hydrogen-bond acceptors (Lipinski definition) is 4. The van der Waals surface area contributed by atoms with Crippen LogP contribution in [0.2, 0.25) is 0 Å². The van der Waals surface area contributed by atoms with Crippen LogP contribution < -0.4 is 5.32 Å². The van der Waals surface area contributed by atoms with Crippen molar-refractivity contribution in [3.8, 4) is 0 Å². The topological polar surface area (TPSA) is 59.4 Å². The molecule has 128 valence electrons. The highest BCUT2D eigenvalue weighted by Crippen LogP contribution is 2.25. The van der Waals surface area contributed by atoms with Crippen molar-refractivity contribution in [2.24, 2.45) is 5.92 Å². The van der Waals surface area contributed by atoms with Gasteiger partial charge in [0.1, 0.15) is 0 Å². The van der Waals surface area contributed by atoms with Crippen molar-refractivity contribution in [1.29, 1.82) is 0 Å². The van der Waals surface area contributed by atoms with Gasteiger partial charge in [-0.25, -0.2) is 0 Å². The quantitative estimate of drug-likeness (QED) is 0.910. The molecule has 3 heterocycles. The van der Waals surface area contributed by atoms with Gasteiger partial charge in [0, 0.05) is 19.0 Å². The molecule has 1 unspecified atom stereocenters. The molecule has 2 aliphatic heterocycles. The standard InChI is InChI=1S/C14H19F3N4O2/c15-14(16,17)9-20-2-1-10(7-20)5-13(22)18-12-6-11-8-23-4-3-21(11)19-12/h6,10H,1-5,7-9H2,(H,18,19,22). The molecule has 1 saturated heterocycles. The predicted molar refractivity (Wildman–Crippen MR) is 75.7 cm³/mol. The summed E-state index contributed by atoms with van der Waals surface area (Å²) in [5.74, 6) is 0.221. The van der Waals surface area contributed by atoms with E-state index < -0.39 is 12.7 Å². The van der Waals surface area contributed by atoms with Gasteiger partial charge < -0.3 is 10.1 Å². The number of anilines is 1. The Kier molecular flexibility index (Phi) is 4.58. The first-order chi connectivity index (χ1) is 10.9. The van der Waals surface area contributed by atoms with Crippen LogP contribution in [0.25, 0.3) is 0 Å². The minimum Gasteiger partial charge on any atom is -0.373 e. The molecule has 3 rings (SSSR count). The van der Waals surface area contributed by atoms with Crippen LogP contribution in [0.1, 0.15) is 18.5 Å². The first-order valence-electron chi connectivity index (χ1n) is 7.62. The lowest BCUT2D eigenvalue weighted by Gasteiger charge is -2.17. The van der Waals surface area contributed by atoms with Gasteiger partial charge in [-0.1, -0.05) is 0 Å². The molecule has 1 N–H and O–H groups in total. The van der Waals surface area contributed by atoms with E-state index in [0.29, 0.717) is 45.1 Å². The molecule has 0 bridgehead atoms. The predicted octanol–water partition coefficient (Wildman–Crippen LogP) is 1.63. The van der Waals surface area contributed by atoms with E-state index in [4.69, 9.17) is 4.74 Å². The third-order valence-electron chi connectivity index (χ3n) is 4.08. The van der Waals surface area contributed by atoms with Gasteiger partial charge in [0.05, 0.1) is 32.0 Å². The first kappa shape index (κ1) is 16.3. The zero-order valence-electron chi connectivity index (χ0n) is 12.6. The fourth-order valence-corrected chi connectivity index (χ4v) is 3.09. The van der Waals surface area contributed by atoms with E-state index in [1.165, 1.54) is 4.90 Å². The molecule has 1 aromatic heterocycles. The third-order valence-corrected chi connectivity index (χ3v) is 4.08. The van der Waals surface area contributed by atoms with Crippen molar-refractivity contribution in [2.75, 3.05) is 31.6 Å². The van der Waals surface area contributed by atoms with Crippen LogP contribution in [0, 0.1) is 5.92 Å². The lowest BCUT2D eigenvalue weighted by atomic mass is 10.0. The van der Waals surface area contributed by atoms with E-state index in [2.05, 4.69) is 10.4 Å². The van der Waals surface area contributed by atoms with Gasteiger partial charge >= 0.3 is 6.18 Å². The van der Waals surface area contributed by atoms with Crippen molar-refractivity contribution in [3.63, 3.8) is 0 Å². The second kappa shape index (κ2) is 6.48. The molecule has 0 saturated carbocycles. The van der Waals surface area contributed by atoms with Gasteiger partial charge in [-0.05, 0) is 18.9 Å². The zero-order chi connectivity index (χ0) is 16.4. The summed E-state index contributed by atoms with van der Waals surface area (Å²) in [4.78, 5) is 13.4. The summed E-state index contributed by atoms with van der Waals surface area (Å²) in [5, 5.41) is 7.00. The SMILES string of the molecule is O=C(CC1CCN(CC(F)(F)F)C1)Nc1cc2n(n1)CCOC2. The number of carbonyl (C=O) groups excluding carboxylic acids is 1. The van der Waals surface area contributed by atoms with Crippen LogP contribution in [-0.4, -0.2) is 53.0 Å². The van der Waals surface area contributed by atoms with Gasteiger partial charge in [-0.15, -0.1) is 0 Å². The Morgan fingerprint density at radius 3 is 3.00 bits per heavy atom. The average molecular weight is 332 g/mol. The third kappa shape index (κ3) is 4.44. The highest BCUT2D eigenvalue weighted by atomic mass is 19.4. The number of hydrogen-bond donors (Lipinski definition) is 1. The largest absolute Gasteiger partial charge is 0.401 e. The van der Waals surface area contributed by atoms with Crippen LogP contribution >= 0.6 is 0 Å². The summed E-state index contributed by atoms with van der Waals surface area (Å²) in [5.41, 5.74) is 0.906. The van der Waals surface area contributed by atoms with E-state index in [0.717, 1.165) is 5.69 Å². The number of ether oxygens (including phenoxy) is 1. The minimum atomic E-state index is -4.19. The highest BCUT2D eigenvalue weighted by Gasteiger charge is 2.34. The molecule has 6 nitrogen and oxygen atoms in total. The summed E-state index contributed by atoms with van der Waals surface area (Å²) in [6.07, 6.45) is -3.36. The Hall–Kier alpha value is -1.61. The number of halogens is 3. The smallest absolute Gasteiger partial charge is 0.373 e. The van der Waals surface area contributed by atoms with Gasteiger partial charge in [-0.3, -0.25) is 14.4 Å². The maximum atomic E-state index is 12.4. The zero-order valence-corrected chi connectivity index (χ0v) is 12.6. The number of likely N-dealkylation sites (tertiary alicyclic amines) is 1. The molecule has 2 aliphatic rings. The number of carbonyl (C=O) groups is 1. The Labute approximate surface area is 131 Å². The number of aromatic nitrogens is 2. The molecule has 1 fully saturated rings. The van der Waals surface area contributed by atoms with Crippen LogP contribution in [0.15, 0.2) is 6.07 Å². The van der Waals surface area contributed by atoms with E-state index in [1.807, 2.05) is 0 Å². The number of rotatable bonds is 4. The van der Waals surface area contributed by atoms with E-state index >= 15 is 0 Å². The van der Waals surface area contributed by atoms with Crippen molar-refractivity contribution in [2.45, 2.75) is 32.2 Å².